The molecule has 5 nitrogen and oxygen atoms in total. The van der Waals surface area contributed by atoms with Crippen LogP contribution in [-0.2, 0) is 22.4 Å². The van der Waals surface area contributed by atoms with Gasteiger partial charge in [-0.05, 0) is 23.6 Å². The Hall–Kier alpha value is -1.88. The van der Waals surface area contributed by atoms with Crippen molar-refractivity contribution in [2.45, 2.75) is 26.2 Å². The molecule has 1 aromatic carbocycles. The monoisotopic (exact) mass is 301 g/mol. The fourth-order valence-corrected chi connectivity index (χ4v) is 3.18. The summed E-state index contributed by atoms with van der Waals surface area (Å²) in [4.78, 5) is 28.1. The third kappa shape index (κ3) is 2.99. The molecule has 2 aliphatic rings. The second-order valence-electron chi connectivity index (χ2n) is 5.92. The van der Waals surface area contributed by atoms with Gasteiger partial charge >= 0.3 is 0 Å². The highest BCUT2D eigenvalue weighted by atomic mass is 16.2. The molecule has 2 heterocycles. The average molecular weight is 301 g/mol. The summed E-state index contributed by atoms with van der Waals surface area (Å²) >= 11 is 0. The van der Waals surface area contributed by atoms with Crippen molar-refractivity contribution in [3.05, 3.63) is 29.3 Å². The zero-order chi connectivity index (χ0) is 15.5. The molecule has 0 saturated carbocycles. The summed E-state index contributed by atoms with van der Waals surface area (Å²) in [6.45, 7) is 5.85. The molecule has 1 aromatic rings. The van der Waals surface area contributed by atoms with Gasteiger partial charge in [-0.25, -0.2) is 0 Å². The molecular weight excluding hydrogens is 278 g/mol. The molecule has 0 aromatic heterocycles. The molecule has 3 rings (SSSR count). The van der Waals surface area contributed by atoms with Gasteiger partial charge in [0.15, 0.2) is 0 Å². The second kappa shape index (κ2) is 6.48. The predicted octanol–water partition coefficient (Wildman–Crippen LogP) is 0.960. The third-order valence-corrected chi connectivity index (χ3v) is 4.50. The number of aryl methyl sites for hydroxylation is 1. The minimum absolute atomic E-state index is 0.108. The van der Waals surface area contributed by atoms with Gasteiger partial charge in [-0.1, -0.05) is 19.1 Å². The number of fused-ring (bicyclic) bond motifs is 1. The minimum Gasteiger partial charge on any atom is -0.340 e. The van der Waals surface area contributed by atoms with Crippen molar-refractivity contribution in [1.82, 2.24) is 10.2 Å². The Morgan fingerprint density at radius 1 is 1.27 bits per heavy atom. The van der Waals surface area contributed by atoms with Crippen LogP contribution < -0.4 is 10.2 Å². The number of rotatable bonds is 4. The number of nitrogens with zero attached hydrogens (tertiary/aromatic N) is 2. The normalized spacial score (nSPS) is 17.8. The summed E-state index contributed by atoms with van der Waals surface area (Å²) in [5, 5.41) is 3.24. The maximum absolute atomic E-state index is 12.2. The Labute approximate surface area is 131 Å². The highest BCUT2D eigenvalue weighted by Crippen LogP contribution is 2.30. The smallest absolute Gasteiger partial charge is 0.231 e. The zero-order valence-corrected chi connectivity index (χ0v) is 13.1. The standard InChI is InChI=1S/C17H23N3O2/c1-2-13-3-4-15-14(11-13)12-17(22)20(15)8-5-16(21)19-9-6-18-7-10-19/h3-4,11,18H,2,5-10,12H2,1H3. The molecule has 2 amide bonds. The first-order valence-electron chi connectivity index (χ1n) is 8.09. The zero-order valence-electron chi connectivity index (χ0n) is 13.1. The third-order valence-electron chi connectivity index (χ3n) is 4.50. The van der Waals surface area contributed by atoms with Crippen LogP contribution in [0, 0.1) is 0 Å². The maximum Gasteiger partial charge on any atom is 0.231 e. The van der Waals surface area contributed by atoms with E-state index in [0.717, 1.165) is 43.9 Å². The van der Waals surface area contributed by atoms with Gasteiger partial charge in [0.1, 0.15) is 0 Å². The topological polar surface area (TPSA) is 52.7 Å². The largest absolute Gasteiger partial charge is 0.340 e. The lowest BCUT2D eigenvalue weighted by molar-refractivity contribution is -0.131. The number of hydrogen-bond donors (Lipinski definition) is 1. The summed E-state index contributed by atoms with van der Waals surface area (Å²) in [7, 11) is 0. The lowest BCUT2D eigenvalue weighted by atomic mass is 10.1. The van der Waals surface area contributed by atoms with Gasteiger partial charge in [0, 0.05) is 44.8 Å². The van der Waals surface area contributed by atoms with Crippen LogP contribution in [-0.4, -0.2) is 49.4 Å². The molecule has 0 radical (unpaired) electrons. The number of carbonyl (C=O) groups is 2. The molecule has 22 heavy (non-hydrogen) atoms. The summed E-state index contributed by atoms with van der Waals surface area (Å²) in [5.74, 6) is 0.254. The van der Waals surface area contributed by atoms with Crippen molar-refractivity contribution in [3.8, 4) is 0 Å². The van der Waals surface area contributed by atoms with Crippen LogP contribution in [0.4, 0.5) is 5.69 Å². The van der Waals surface area contributed by atoms with Crippen molar-refractivity contribution < 1.29 is 9.59 Å². The van der Waals surface area contributed by atoms with Crippen molar-refractivity contribution >= 4 is 17.5 Å². The van der Waals surface area contributed by atoms with Crippen LogP contribution in [0.15, 0.2) is 18.2 Å². The highest BCUT2D eigenvalue weighted by Gasteiger charge is 2.28. The number of nitrogens with one attached hydrogen (secondary N) is 1. The van der Waals surface area contributed by atoms with Crippen LogP contribution in [0.1, 0.15) is 24.5 Å². The fraction of sp³-hybridized carbons (Fsp3) is 0.529. The van der Waals surface area contributed by atoms with Gasteiger partial charge in [0.25, 0.3) is 0 Å². The minimum atomic E-state index is 0.108. The summed E-state index contributed by atoms with van der Waals surface area (Å²) in [6.07, 6.45) is 1.84. The van der Waals surface area contributed by atoms with Gasteiger partial charge in [0.05, 0.1) is 6.42 Å². The van der Waals surface area contributed by atoms with Crippen molar-refractivity contribution in [2.75, 3.05) is 37.6 Å². The van der Waals surface area contributed by atoms with Crippen molar-refractivity contribution in [2.24, 2.45) is 0 Å². The van der Waals surface area contributed by atoms with Crippen LogP contribution >= 0.6 is 0 Å². The van der Waals surface area contributed by atoms with Crippen LogP contribution in [0.2, 0.25) is 0 Å². The van der Waals surface area contributed by atoms with Gasteiger partial charge in [-0.2, -0.15) is 0 Å². The van der Waals surface area contributed by atoms with E-state index >= 15 is 0 Å². The van der Waals surface area contributed by atoms with Crippen molar-refractivity contribution in [1.29, 1.82) is 0 Å². The quantitative estimate of drug-likeness (QED) is 0.901. The Morgan fingerprint density at radius 2 is 2.05 bits per heavy atom. The first-order chi connectivity index (χ1) is 10.7. The molecule has 2 aliphatic heterocycles. The molecular formula is C17H23N3O2. The van der Waals surface area contributed by atoms with E-state index in [-0.39, 0.29) is 11.8 Å². The average Bonchev–Trinajstić information content (AvgIpc) is 2.87. The Kier molecular flexibility index (Phi) is 4.43. The molecule has 0 spiro atoms. The molecule has 0 atom stereocenters. The molecule has 0 unspecified atom stereocenters. The fourth-order valence-electron chi connectivity index (χ4n) is 3.18. The van der Waals surface area contributed by atoms with E-state index in [0.29, 0.717) is 19.4 Å². The maximum atomic E-state index is 12.2. The van der Waals surface area contributed by atoms with E-state index in [1.165, 1.54) is 5.56 Å². The number of carbonyl (C=O) groups excluding carboxylic acids is 2. The van der Waals surface area contributed by atoms with Crippen LogP contribution in [0.5, 0.6) is 0 Å². The number of anilines is 1. The van der Waals surface area contributed by atoms with Crippen LogP contribution in [0.3, 0.4) is 0 Å². The van der Waals surface area contributed by atoms with Gasteiger partial charge in [-0.3, -0.25) is 9.59 Å². The first-order valence-corrected chi connectivity index (χ1v) is 8.09. The Morgan fingerprint density at radius 3 is 2.77 bits per heavy atom. The second-order valence-corrected chi connectivity index (χ2v) is 5.92. The van der Waals surface area contributed by atoms with E-state index < -0.39 is 0 Å². The summed E-state index contributed by atoms with van der Waals surface area (Å²) in [5.41, 5.74) is 3.33. The molecule has 5 heteroatoms. The van der Waals surface area contributed by atoms with Crippen LogP contribution in [0.25, 0.3) is 0 Å². The molecule has 1 saturated heterocycles. The lowest BCUT2D eigenvalue weighted by Gasteiger charge is -2.28. The number of hydrogen-bond acceptors (Lipinski definition) is 3. The SMILES string of the molecule is CCc1ccc2c(c1)CC(=O)N2CCC(=O)N1CCNCC1. The predicted molar refractivity (Wildman–Crippen MR) is 85.9 cm³/mol. The van der Waals surface area contributed by atoms with Crippen molar-refractivity contribution in [3.63, 3.8) is 0 Å². The van der Waals surface area contributed by atoms with E-state index in [1.807, 2.05) is 11.0 Å². The van der Waals surface area contributed by atoms with Gasteiger partial charge < -0.3 is 15.1 Å². The van der Waals surface area contributed by atoms with E-state index in [2.05, 4.69) is 24.4 Å². The molecule has 0 aliphatic carbocycles. The Balaban J connectivity index is 1.63. The van der Waals surface area contributed by atoms with E-state index in [4.69, 9.17) is 0 Å². The molecule has 0 bridgehead atoms. The number of piperazine rings is 1. The molecule has 1 N–H and O–H groups in total. The first kappa shape index (κ1) is 15.0. The Bertz CT molecular complexity index is 579. The summed E-state index contributed by atoms with van der Waals surface area (Å²) in [6, 6.07) is 6.21. The van der Waals surface area contributed by atoms with Gasteiger partial charge in [0.2, 0.25) is 11.8 Å². The molecule has 118 valence electrons. The van der Waals surface area contributed by atoms with Gasteiger partial charge in [-0.15, -0.1) is 0 Å². The van der Waals surface area contributed by atoms with E-state index in [1.54, 1.807) is 4.90 Å². The lowest BCUT2D eigenvalue weighted by Crippen LogP contribution is -2.47. The number of amides is 2. The summed E-state index contributed by atoms with van der Waals surface area (Å²) < 4.78 is 0. The number of benzene rings is 1. The highest BCUT2D eigenvalue weighted by molar-refractivity contribution is 6.01. The molecule has 1 fully saturated rings. The van der Waals surface area contributed by atoms with E-state index in [9.17, 15) is 9.59 Å².